The summed E-state index contributed by atoms with van der Waals surface area (Å²) in [4.78, 5) is 4.27. The van der Waals surface area contributed by atoms with Crippen molar-refractivity contribution in [2.24, 2.45) is 4.99 Å². The SMILES string of the molecule is Cl.Clc1ccc(NCC2=NCCN2)cc1Cl. The average Bonchev–Trinajstić information content (AvgIpc) is 2.73. The number of rotatable bonds is 3. The molecule has 0 fully saturated rings. The van der Waals surface area contributed by atoms with Gasteiger partial charge in [-0.05, 0) is 18.2 Å². The average molecular weight is 281 g/mol. The van der Waals surface area contributed by atoms with E-state index in [9.17, 15) is 0 Å². The Morgan fingerprint density at radius 2 is 2.12 bits per heavy atom. The molecule has 0 atom stereocenters. The Bertz CT molecular complexity index is 393. The molecule has 16 heavy (non-hydrogen) atoms. The Hall–Kier alpha value is -0.640. The van der Waals surface area contributed by atoms with Gasteiger partial charge < -0.3 is 10.6 Å². The fraction of sp³-hybridized carbons (Fsp3) is 0.300. The highest BCUT2D eigenvalue weighted by Gasteiger charge is 2.04. The van der Waals surface area contributed by atoms with Crippen LogP contribution < -0.4 is 10.6 Å². The minimum Gasteiger partial charge on any atom is -0.378 e. The first-order valence-corrected chi connectivity index (χ1v) is 5.47. The molecule has 0 aromatic heterocycles. The van der Waals surface area contributed by atoms with E-state index in [0.29, 0.717) is 16.6 Å². The first kappa shape index (κ1) is 13.4. The Labute approximate surface area is 111 Å². The first-order chi connectivity index (χ1) is 7.25. The molecule has 3 nitrogen and oxygen atoms in total. The maximum Gasteiger partial charge on any atom is 0.116 e. The molecule has 6 heteroatoms. The van der Waals surface area contributed by atoms with Crippen LogP contribution in [0.5, 0.6) is 0 Å². The summed E-state index contributed by atoms with van der Waals surface area (Å²) in [5.41, 5.74) is 0.945. The van der Waals surface area contributed by atoms with E-state index >= 15 is 0 Å². The standard InChI is InChI=1S/C10H11Cl2N3.ClH/c11-8-2-1-7(5-9(8)12)15-6-10-13-3-4-14-10;/h1-2,5,15H,3-4,6H2,(H,13,14);1H. The number of halogens is 3. The van der Waals surface area contributed by atoms with Gasteiger partial charge in [-0.3, -0.25) is 4.99 Å². The Kier molecular flexibility index (Phi) is 5.19. The van der Waals surface area contributed by atoms with E-state index in [4.69, 9.17) is 23.2 Å². The summed E-state index contributed by atoms with van der Waals surface area (Å²) in [5.74, 6) is 0.987. The quantitative estimate of drug-likeness (QED) is 0.893. The van der Waals surface area contributed by atoms with Gasteiger partial charge in [0.1, 0.15) is 5.84 Å². The number of nitrogens with zero attached hydrogens (tertiary/aromatic N) is 1. The normalized spacial score (nSPS) is 13.8. The second kappa shape index (κ2) is 6.18. The van der Waals surface area contributed by atoms with Crippen LogP contribution in [0.3, 0.4) is 0 Å². The molecule has 1 aliphatic rings. The van der Waals surface area contributed by atoms with Crippen molar-refractivity contribution in [1.82, 2.24) is 5.32 Å². The third-order valence-corrected chi connectivity index (χ3v) is 2.86. The number of nitrogens with one attached hydrogen (secondary N) is 2. The largest absolute Gasteiger partial charge is 0.378 e. The lowest BCUT2D eigenvalue weighted by Crippen LogP contribution is -2.26. The van der Waals surface area contributed by atoms with Crippen molar-refractivity contribution in [3.63, 3.8) is 0 Å². The molecule has 0 radical (unpaired) electrons. The van der Waals surface area contributed by atoms with E-state index in [-0.39, 0.29) is 12.4 Å². The fourth-order valence-corrected chi connectivity index (χ4v) is 1.66. The highest BCUT2D eigenvalue weighted by atomic mass is 35.5. The number of anilines is 1. The molecule has 0 unspecified atom stereocenters. The van der Waals surface area contributed by atoms with Gasteiger partial charge in [0.05, 0.1) is 23.1 Å². The fourth-order valence-electron chi connectivity index (χ4n) is 1.36. The predicted octanol–water partition coefficient (Wildman–Crippen LogP) is 2.83. The van der Waals surface area contributed by atoms with Crippen LogP contribution in [0.1, 0.15) is 0 Å². The molecule has 0 spiro atoms. The summed E-state index contributed by atoms with van der Waals surface area (Å²) in [6, 6.07) is 5.47. The molecular formula is C10H12Cl3N3. The summed E-state index contributed by atoms with van der Waals surface area (Å²) in [6.07, 6.45) is 0. The molecule has 0 bridgehead atoms. The lowest BCUT2D eigenvalue weighted by molar-refractivity contribution is 0.956. The van der Waals surface area contributed by atoms with Crippen LogP contribution >= 0.6 is 35.6 Å². The Morgan fingerprint density at radius 1 is 1.31 bits per heavy atom. The Balaban J connectivity index is 0.00000128. The van der Waals surface area contributed by atoms with Crippen molar-refractivity contribution < 1.29 is 0 Å². The third-order valence-electron chi connectivity index (χ3n) is 2.12. The molecule has 1 aromatic rings. The lowest BCUT2D eigenvalue weighted by Gasteiger charge is -2.07. The molecule has 1 aromatic carbocycles. The van der Waals surface area contributed by atoms with Gasteiger partial charge in [0.15, 0.2) is 0 Å². The van der Waals surface area contributed by atoms with Crippen LogP contribution in [0, 0.1) is 0 Å². The van der Waals surface area contributed by atoms with Crippen LogP contribution in [0.2, 0.25) is 10.0 Å². The summed E-state index contributed by atoms with van der Waals surface area (Å²) in [6.45, 7) is 2.48. The number of aliphatic imine (C=N–C) groups is 1. The topological polar surface area (TPSA) is 36.4 Å². The van der Waals surface area contributed by atoms with Gasteiger partial charge in [-0.1, -0.05) is 23.2 Å². The van der Waals surface area contributed by atoms with E-state index in [0.717, 1.165) is 24.6 Å². The summed E-state index contributed by atoms with van der Waals surface area (Å²) in [7, 11) is 0. The maximum atomic E-state index is 5.89. The Morgan fingerprint density at radius 3 is 2.75 bits per heavy atom. The van der Waals surface area contributed by atoms with Gasteiger partial charge in [-0.2, -0.15) is 0 Å². The van der Waals surface area contributed by atoms with E-state index in [1.54, 1.807) is 12.1 Å². The van der Waals surface area contributed by atoms with Crippen molar-refractivity contribution in [3.8, 4) is 0 Å². The van der Waals surface area contributed by atoms with Gasteiger partial charge in [0.2, 0.25) is 0 Å². The van der Waals surface area contributed by atoms with Crippen LogP contribution in [-0.4, -0.2) is 25.5 Å². The van der Waals surface area contributed by atoms with Crippen molar-refractivity contribution in [1.29, 1.82) is 0 Å². The molecular weight excluding hydrogens is 268 g/mol. The minimum absolute atomic E-state index is 0. The molecule has 1 heterocycles. The molecule has 0 saturated heterocycles. The highest BCUT2D eigenvalue weighted by Crippen LogP contribution is 2.24. The molecule has 1 aliphatic heterocycles. The van der Waals surface area contributed by atoms with Crippen molar-refractivity contribution in [3.05, 3.63) is 28.2 Å². The number of hydrogen-bond donors (Lipinski definition) is 2. The van der Waals surface area contributed by atoms with E-state index < -0.39 is 0 Å². The van der Waals surface area contributed by atoms with Gasteiger partial charge in [0.25, 0.3) is 0 Å². The van der Waals surface area contributed by atoms with Crippen LogP contribution in [0.4, 0.5) is 5.69 Å². The van der Waals surface area contributed by atoms with E-state index in [1.165, 1.54) is 0 Å². The smallest absolute Gasteiger partial charge is 0.116 e. The molecule has 2 N–H and O–H groups in total. The van der Waals surface area contributed by atoms with Crippen LogP contribution in [-0.2, 0) is 0 Å². The van der Waals surface area contributed by atoms with Crippen LogP contribution in [0.25, 0.3) is 0 Å². The lowest BCUT2D eigenvalue weighted by atomic mass is 10.3. The van der Waals surface area contributed by atoms with Crippen molar-refractivity contribution in [2.75, 3.05) is 25.0 Å². The number of hydrogen-bond acceptors (Lipinski definition) is 3. The van der Waals surface area contributed by atoms with E-state index in [2.05, 4.69) is 15.6 Å². The highest BCUT2D eigenvalue weighted by molar-refractivity contribution is 6.42. The first-order valence-electron chi connectivity index (χ1n) is 4.72. The maximum absolute atomic E-state index is 5.89. The predicted molar refractivity (Wildman–Crippen MR) is 72.5 cm³/mol. The zero-order valence-electron chi connectivity index (χ0n) is 8.46. The second-order valence-electron chi connectivity index (χ2n) is 3.24. The zero-order chi connectivity index (χ0) is 10.7. The number of amidine groups is 1. The van der Waals surface area contributed by atoms with Crippen molar-refractivity contribution >= 4 is 47.1 Å². The molecule has 2 rings (SSSR count). The molecule has 0 aliphatic carbocycles. The van der Waals surface area contributed by atoms with Gasteiger partial charge in [0, 0.05) is 12.2 Å². The summed E-state index contributed by atoms with van der Waals surface area (Å²) >= 11 is 11.7. The molecule has 0 amide bonds. The summed E-state index contributed by atoms with van der Waals surface area (Å²) < 4.78 is 0. The van der Waals surface area contributed by atoms with Gasteiger partial charge in [-0.25, -0.2) is 0 Å². The van der Waals surface area contributed by atoms with Gasteiger partial charge in [-0.15, -0.1) is 12.4 Å². The molecule has 0 saturated carbocycles. The third kappa shape index (κ3) is 3.44. The van der Waals surface area contributed by atoms with Crippen molar-refractivity contribution in [2.45, 2.75) is 0 Å². The second-order valence-corrected chi connectivity index (χ2v) is 4.05. The summed E-state index contributed by atoms with van der Waals surface area (Å²) in [5, 5.41) is 7.53. The van der Waals surface area contributed by atoms with E-state index in [1.807, 2.05) is 6.07 Å². The molecule has 88 valence electrons. The minimum atomic E-state index is 0. The van der Waals surface area contributed by atoms with Crippen LogP contribution in [0.15, 0.2) is 23.2 Å². The number of benzene rings is 1. The van der Waals surface area contributed by atoms with Gasteiger partial charge >= 0.3 is 0 Å². The monoisotopic (exact) mass is 279 g/mol. The zero-order valence-corrected chi connectivity index (χ0v) is 10.8.